The van der Waals surface area contributed by atoms with Gasteiger partial charge in [0, 0.05) is 12.1 Å². The second-order valence-corrected chi connectivity index (χ2v) is 3.18. The minimum Gasteiger partial charge on any atom is -0.389 e. The number of aliphatic hydroxyl groups excluding tert-OH is 2. The highest BCUT2D eigenvalue weighted by atomic mass is 16.3. The summed E-state index contributed by atoms with van der Waals surface area (Å²) in [4.78, 5) is 0. The maximum atomic E-state index is 9.27. The standard InChI is InChI=1S/C6H12N2O2/c7-2-1-3-5(9)6(10)4(2)8-3/h2-6,8-10H,1,7H2/t2-,3-,4+,5-,6+/m1/s1. The molecule has 2 rings (SSSR count). The molecule has 0 aromatic rings. The second-order valence-electron chi connectivity index (χ2n) is 3.18. The topological polar surface area (TPSA) is 78.5 Å². The van der Waals surface area contributed by atoms with E-state index in [-0.39, 0.29) is 18.1 Å². The third kappa shape index (κ3) is 0.645. The van der Waals surface area contributed by atoms with E-state index >= 15 is 0 Å². The molecule has 2 fully saturated rings. The maximum absolute atomic E-state index is 9.27. The average Bonchev–Trinajstić information content (AvgIpc) is 2.36. The number of nitrogens with two attached hydrogens (primary N) is 1. The van der Waals surface area contributed by atoms with Crippen LogP contribution < -0.4 is 11.1 Å². The molecule has 0 unspecified atom stereocenters. The first-order chi connectivity index (χ1) is 4.70. The highest BCUT2D eigenvalue weighted by Crippen LogP contribution is 2.27. The van der Waals surface area contributed by atoms with Crippen LogP contribution in [0.15, 0.2) is 0 Å². The fourth-order valence-electron chi connectivity index (χ4n) is 1.92. The third-order valence-electron chi connectivity index (χ3n) is 2.52. The Bertz CT molecular complexity index is 151. The Morgan fingerprint density at radius 1 is 1.30 bits per heavy atom. The van der Waals surface area contributed by atoms with Gasteiger partial charge in [0.2, 0.25) is 0 Å². The minimum absolute atomic E-state index is 0.0170. The van der Waals surface area contributed by atoms with Crippen LogP contribution in [-0.4, -0.2) is 40.5 Å². The van der Waals surface area contributed by atoms with Gasteiger partial charge in [0.25, 0.3) is 0 Å². The van der Waals surface area contributed by atoms with E-state index in [9.17, 15) is 10.2 Å². The normalized spacial score (nSPS) is 59.7. The summed E-state index contributed by atoms with van der Waals surface area (Å²) in [5, 5.41) is 21.6. The molecule has 5 atom stereocenters. The van der Waals surface area contributed by atoms with E-state index in [1.165, 1.54) is 0 Å². The van der Waals surface area contributed by atoms with Gasteiger partial charge in [-0.05, 0) is 6.42 Å². The summed E-state index contributed by atoms with van der Waals surface area (Å²) >= 11 is 0. The smallest absolute Gasteiger partial charge is 0.0982 e. The van der Waals surface area contributed by atoms with Crippen LogP contribution >= 0.6 is 0 Å². The zero-order valence-corrected chi connectivity index (χ0v) is 5.57. The second kappa shape index (κ2) is 1.92. The van der Waals surface area contributed by atoms with Gasteiger partial charge < -0.3 is 21.3 Å². The first kappa shape index (κ1) is 6.54. The molecule has 2 aliphatic rings. The first-order valence-electron chi connectivity index (χ1n) is 3.58. The Hall–Kier alpha value is -0.160. The van der Waals surface area contributed by atoms with Gasteiger partial charge in [-0.25, -0.2) is 0 Å². The number of nitrogens with one attached hydrogen (secondary N) is 1. The van der Waals surface area contributed by atoms with Crippen LogP contribution in [0.25, 0.3) is 0 Å². The van der Waals surface area contributed by atoms with Crippen molar-refractivity contribution in [2.45, 2.75) is 36.8 Å². The van der Waals surface area contributed by atoms with Gasteiger partial charge in [0.15, 0.2) is 0 Å². The van der Waals surface area contributed by atoms with E-state index in [4.69, 9.17) is 5.73 Å². The van der Waals surface area contributed by atoms with E-state index < -0.39 is 12.2 Å². The first-order valence-corrected chi connectivity index (χ1v) is 3.58. The molecular weight excluding hydrogens is 132 g/mol. The summed E-state index contributed by atoms with van der Waals surface area (Å²) in [6, 6.07) is -0.0431. The van der Waals surface area contributed by atoms with Crippen LogP contribution in [0.1, 0.15) is 6.42 Å². The summed E-state index contributed by atoms with van der Waals surface area (Å²) in [6.07, 6.45) is -0.485. The van der Waals surface area contributed by atoms with Gasteiger partial charge >= 0.3 is 0 Å². The van der Waals surface area contributed by atoms with Crippen molar-refractivity contribution in [1.29, 1.82) is 0 Å². The van der Waals surface area contributed by atoms with Gasteiger partial charge in [-0.1, -0.05) is 0 Å². The molecule has 0 spiro atoms. The average molecular weight is 144 g/mol. The lowest BCUT2D eigenvalue weighted by Crippen LogP contribution is -2.48. The van der Waals surface area contributed by atoms with Crippen molar-refractivity contribution in [2.75, 3.05) is 0 Å². The van der Waals surface area contributed by atoms with Gasteiger partial charge in [0.1, 0.15) is 0 Å². The molecule has 4 nitrogen and oxygen atoms in total. The van der Waals surface area contributed by atoms with Gasteiger partial charge in [-0.2, -0.15) is 0 Å². The Morgan fingerprint density at radius 3 is 2.40 bits per heavy atom. The minimum atomic E-state index is -0.659. The van der Waals surface area contributed by atoms with Gasteiger partial charge in [0.05, 0.1) is 18.2 Å². The molecule has 58 valence electrons. The van der Waals surface area contributed by atoms with Crippen LogP contribution in [0.2, 0.25) is 0 Å². The van der Waals surface area contributed by atoms with E-state index in [0.29, 0.717) is 0 Å². The Morgan fingerprint density at radius 2 is 2.00 bits per heavy atom. The largest absolute Gasteiger partial charge is 0.389 e. The Balaban J connectivity index is 2.16. The highest BCUT2D eigenvalue weighted by Gasteiger charge is 2.49. The number of aliphatic hydroxyl groups is 2. The fourth-order valence-corrected chi connectivity index (χ4v) is 1.92. The molecule has 5 N–H and O–H groups in total. The summed E-state index contributed by atoms with van der Waals surface area (Å²) in [5.41, 5.74) is 5.64. The number of hydrogen-bond donors (Lipinski definition) is 4. The predicted molar refractivity (Wildman–Crippen MR) is 35.3 cm³/mol. The molecule has 0 aliphatic carbocycles. The summed E-state index contributed by atoms with van der Waals surface area (Å²) in [5.74, 6) is 0. The fraction of sp³-hybridized carbons (Fsp3) is 1.00. The van der Waals surface area contributed by atoms with E-state index in [2.05, 4.69) is 5.32 Å². The van der Waals surface area contributed by atoms with E-state index in [1.807, 2.05) is 0 Å². The molecule has 2 heterocycles. The Labute approximate surface area is 59.0 Å². The van der Waals surface area contributed by atoms with E-state index in [1.54, 1.807) is 0 Å². The van der Waals surface area contributed by atoms with Crippen molar-refractivity contribution in [1.82, 2.24) is 5.32 Å². The molecule has 0 amide bonds. The summed E-state index contributed by atoms with van der Waals surface area (Å²) < 4.78 is 0. The van der Waals surface area contributed by atoms with Gasteiger partial charge in [-0.15, -0.1) is 0 Å². The molecule has 0 aromatic heterocycles. The van der Waals surface area contributed by atoms with Crippen LogP contribution in [0.5, 0.6) is 0 Å². The lowest BCUT2D eigenvalue weighted by molar-refractivity contribution is 0.00775. The zero-order chi connectivity index (χ0) is 7.30. The molecule has 0 aromatic carbocycles. The molecule has 2 bridgehead atoms. The Kier molecular flexibility index (Phi) is 1.25. The molecule has 0 radical (unpaired) electrons. The molecule has 4 heteroatoms. The summed E-state index contributed by atoms with van der Waals surface area (Å²) in [6.45, 7) is 0. The molecular formula is C6H12N2O2. The molecule has 2 saturated heterocycles. The molecule has 10 heavy (non-hydrogen) atoms. The van der Waals surface area contributed by atoms with Crippen LogP contribution in [0, 0.1) is 0 Å². The lowest BCUT2D eigenvalue weighted by atomic mass is 9.91. The van der Waals surface area contributed by atoms with Gasteiger partial charge in [-0.3, -0.25) is 0 Å². The third-order valence-corrected chi connectivity index (χ3v) is 2.52. The summed E-state index contributed by atoms with van der Waals surface area (Å²) in [7, 11) is 0. The van der Waals surface area contributed by atoms with Crippen molar-refractivity contribution < 1.29 is 10.2 Å². The van der Waals surface area contributed by atoms with Crippen molar-refractivity contribution in [2.24, 2.45) is 5.73 Å². The van der Waals surface area contributed by atoms with Crippen molar-refractivity contribution in [3.05, 3.63) is 0 Å². The SMILES string of the molecule is N[C@@H]1C[C@H]2N[C@@H]1[C@H](O)[C@@H]2O. The quantitative estimate of drug-likeness (QED) is 0.310. The molecule has 0 saturated carbocycles. The van der Waals surface area contributed by atoms with Crippen molar-refractivity contribution >= 4 is 0 Å². The number of rotatable bonds is 0. The van der Waals surface area contributed by atoms with Crippen LogP contribution in [0.4, 0.5) is 0 Å². The predicted octanol–water partition coefficient (Wildman–Crippen LogP) is -2.22. The van der Waals surface area contributed by atoms with Crippen LogP contribution in [0.3, 0.4) is 0 Å². The van der Waals surface area contributed by atoms with Crippen molar-refractivity contribution in [3.63, 3.8) is 0 Å². The number of hydrogen-bond acceptors (Lipinski definition) is 4. The number of fused-ring (bicyclic) bond motifs is 2. The lowest BCUT2D eigenvalue weighted by Gasteiger charge is -2.24. The van der Waals surface area contributed by atoms with Crippen LogP contribution in [-0.2, 0) is 0 Å². The van der Waals surface area contributed by atoms with Crippen molar-refractivity contribution in [3.8, 4) is 0 Å². The maximum Gasteiger partial charge on any atom is 0.0982 e. The monoisotopic (exact) mass is 144 g/mol. The molecule has 2 aliphatic heterocycles. The highest BCUT2D eigenvalue weighted by molar-refractivity contribution is 5.10. The zero-order valence-electron chi connectivity index (χ0n) is 5.57. The van der Waals surface area contributed by atoms with E-state index in [0.717, 1.165) is 6.42 Å².